The highest BCUT2D eigenvalue weighted by Gasteiger charge is 2.17. The molecule has 0 aliphatic carbocycles. The molecule has 0 unspecified atom stereocenters. The first-order chi connectivity index (χ1) is 16.6. The summed E-state index contributed by atoms with van der Waals surface area (Å²) in [4.78, 5) is 30.6. The summed E-state index contributed by atoms with van der Waals surface area (Å²) in [5, 5.41) is 18.0. The zero-order chi connectivity index (χ0) is 23.5. The highest BCUT2D eigenvalue weighted by molar-refractivity contribution is 7.21. The van der Waals surface area contributed by atoms with Gasteiger partial charge >= 0.3 is 0 Å². The lowest BCUT2D eigenvalue weighted by Gasteiger charge is -2.27. The Bertz CT molecular complexity index is 1350. The van der Waals surface area contributed by atoms with Crippen LogP contribution >= 0.6 is 11.3 Å². The van der Waals surface area contributed by atoms with Crippen LogP contribution in [-0.4, -0.2) is 46.9 Å². The molecule has 1 saturated heterocycles. The van der Waals surface area contributed by atoms with Gasteiger partial charge in [0.25, 0.3) is 11.6 Å². The fourth-order valence-corrected chi connectivity index (χ4v) is 5.12. The molecule has 4 aromatic rings. The molecule has 1 amide bonds. The van der Waals surface area contributed by atoms with Gasteiger partial charge in [-0.1, -0.05) is 24.3 Å². The molecule has 172 valence electrons. The number of rotatable bonds is 6. The van der Waals surface area contributed by atoms with Gasteiger partial charge in [0.1, 0.15) is 5.01 Å². The number of nitrogens with one attached hydrogen (secondary N) is 2. The molecule has 8 nitrogen and oxygen atoms in total. The van der Waals surface area contributed by atoms with E-state index < -0.39 is 4.92 Å². The molecule has 1 aromatic heterocycles. The monoisotopic (exact) mass is 473 g/mol. The number of hydrogen-bond acceptors (Lipinski definition) is 7. The van der Waals surface area contributed by atoms with E-state index >= 15 is 0 Å². The van der Waals surface area contributed by atoms with Crippen molar-refractivity contribution < 1.29 is 9.72 Å². The second-order valence-electron chi connectivity index (χ2n) is 8.11. The van der Waals surface area contributed by atoms with Crippen LogP contribution in [0.1, 0.15) is 15.9 Å². The SMILES string of the molecule is O=C(Nc1ccccc1-c1nc2c(CN3CCNCC3)cccc2s1)c1ccc([N+](=O)[O-])cc1. The summed E-state index contributed by atoms with van der Waals surface area (Å²) in [7, 11) is 0. The first-order valence-electron chi connectivity index (χ1n) is 11.1. The van der Waals surface area contributed by atoms with Crippen molar-refractivity contribution in [3.8, 4) is 10.6 Å². The van der Waals surface area contributed by atoms with Crippen LogP contribution in [0.3, 0.4) is 0 Å². The Morgan fingerprint density at radius 1 is 1.06 bits per heavy atom. The first kappa shape index (κ1) is 22.1. The van der Waals surface area contributed by atoms with Gasteiger partial charge in [0, 0.05) is 56.0 Å². The molecule has 2 heterocycles. The molecule has 0 spiro atoms. The molecular weight excluding hydrogens is 450 g/mol. The van der Waals surface area contributed by atoms with Crippen molar-refractivity contribution in [3.63, 3.8) is 0 Å². The van der Waals surface area contributed by atoms with Crippen molar-refractivity contribution in [2.75, 3.05) is 31.5 Å². The molecular formula is C25H23N5O3S. The Balaban J connectivity index is 1.42. The van der Waals surface area contributed by atoms with Gasteiger partial charge < -0.3 is 10.6 Å². The molecule has 2 N–H and O–H groups in total. The third-order valence-electron chi connectivity index (χ3n) is 5.85. The van der Waals surface area contributed by atoms with E-state index in [1.807, 2.05) is 24.3 Å². The predicted octanol–water partition coefficient (Wildman–Crippen LogP) is 4.53. The van der Waals surface area contributed by atoms with E-state index in [4.69, 9.17) is 4.98 Å². The Morgan fingerprint density at radius 3 is 2.59 bits per heavy atom. The number of anilines is 1. The molecule has 3 aromatic carbocycles. The van der Waals surface area contributed by atoms with Crippen molar-refractivity contribution >= 4 is 38.8 Å². The summed E-state index contributed by atoms with van der Waals surface area (Å²) in [6, 6.07) is 19.4. The van der Waals surface area contributed by atoms with Gasteiger partial charge in [0.15, 0.2) is 0 Å². The van der Waals surface area contributed by atoms with E-state index in [2.05, 4.69) is 33.7 Å². The lowest BCUT2D eigenvalue weighted by atomic mass is 10.1. The topological polar surface area (TPSA) is 100 Å². The van der Waals surface area contributed by atoms with Crippen molar-refractivity contribution in [2.45, 2.75) is 6.54 Å². The number of carbonyl (C=O) groups excluding carboxylic acids is 1. The molecule has 0 radical (unpaired) electrons. The number of amides is 1. The Morgan fingerprint density at radius 2 is 1.82 bits per heavy atom. The van der Waals surface area contributed by atoms with Crippen LogP contribution in [0.25, 0.3) is 20.8 Å². The van der Waals surface area contributed by atoms with Crippen molar-refractivity contribution in [2.24, 2.45) is 0 Å². The van der Waals surface area contributed by atoms with Crippen LogP contribution in [0.4, 0.5) is 11.4 Å². The van der Waals surface area contributed by atoms with E-state index in [1.165, 1.54) is 29.8 Å². The van der Waals surface area contributed by atoms with E-state index in [0.717, 1.165) is 53.5 Å². The number of hydrogen-bond donors (Lipinski definition) is 2. The quantitative estimate of drug-likeness (QED) is 0.315. The number of nitro groups is 1. The Hall–Kier alpha value is -3.66. The molecule has 5 rings (SSSR count). The maximum absolute atomic E-state index is 12.8. The van der Waals surface area contributed by atoms with Gasteiger partial charge in [-0.25, -0.2) is 4.98 Å². The summed E-state index contributed by atoms with van der Waals surface area (Å²) in [5.41, 5.74) is 3.98. The molecule has 0 saturated carbocycles. The minimum absolute atomic E-state index is 0.0527. The maximum Gasteiger partial charge on any atom is 0.269 e. The first-order valence-corrected chi connectivity index (χ1v) is 11.9. The lowest BCUT2D eigenvalue weighted by Crippen LogP contribution is -2.42. The van der Waals surface area contributed by atoms with E-state index in [1.54, 1.807) is 11.3 Å². The third kappa shape index (κ3) is 4.67. The molecule has 0 atom stereocenters. The van der Waals surface area contributed by atoms with Gasteiger partial charge in [0.05, 0.1) is 20.8 Å². The van der Waals surface area contributed by atoms with Gasteiger partial charge in [0.2, 0.25) is 0 Å². The second-order valence-corrected chi connectivity index (χ2v) is 9.14. The van der Waals surface area contributed by atoms with Crippen LogP contribution in [0.2, 0.25) is 0 Å². The summed E-state index contributed by atoms with van der Waals surface area (Å²) >= 11 is 1.60. The predicted molar refractivity (Wildman–Crippen MR) is 134 cm³/mol. The molecule has 1 aliphatic rings. The summed E-state index contributed by atoms with van der Waals surface area (Å²) < 4.78 is 1.11. The number of fused-ring (bicyclic) bond motifs is 1. The number of thiazole rings is 1. The normalized spacial score (nSPS) is 14.2. The van der Waals surface area contributed by atoms with Crippen LogP contribution in [0.5, 0.6) is 0 Å². The number of carbonyl (C=O) groups is 1. The fraction of sp³-hybridized carbons (Fsp3) is 0.200. The minimum Gasteiger partial charge on any atom is -0.321 e. The number of non-ortho nitro benzene ring substituents is 1. The number of aromatic nitrogens is 1. The van der Waals surface area contributed by atoms with Crippen LogP contribution in [-0.2, 0) is 6.54 Å². The molecule has 1 fully saturated rings. The highest BCUT2D eigenvalue weighted by atomic mass is 32.1. The summed E-state index contributed by atoms with van der Waals surface area (Å²) in [6.07, 6.45) is 0. The zero-order valence-corrected chi connectivity index (χ0v) is 19.2. The highest BCUT2D eigenvalue weighted by Crippen LogP contribution is 2.36. The molecule has 0 bridgehead atoms. The third-order valence-corrected chi connectivity index (χ3v) is 6.91. The molecule has 1 aliphatic heterocycles. The second kappa shape index (κ2) is 9.68. The van der Waals surface area contributed by atoms with Gasteiger partial charge in [-0.2, -0.15) is 0 Å². The largest absolute Gasteiger partial charge is 0.321 e. The molecule has 9 heteroatoms. The number of piperazine rings is 1. The van der Waals surface area contributed by atoms with E-state index in [0.29, 0.717) is 11.3 Å². The minimum atomic E-state index is -0.486. The molecule has 34 heavy (non-hydrogen) atoms. The van der Waals surface area contributed by atoms with Crippen LogP contribution in [0.15, 0.2) is 66.7 Å². The number of nitro benzene ring substituents is 1. The number of nitrogens with zero attached hydrogens (tertiary/aromatic N) is 3. The summed E-state index contributed by atoms with van der Waals surface area (Å²) in [5.74, 6) is -0.331. The number of benzene rings is 3. The Labute approximate surface area is 200 Å². The van der Waals surface area contributed by atoms with Crippen LogP contribution in [0, 0.1) is 10.1 Å². The zero-order valence-electron chi connectivity index (χ0n) is 18.4. The average Bonchev–Trinajstić information content (AvgIpc) is 3.30. The average molecular weight is 474 g/mol. The maximum atomic E-state index is 12.8. The van der Waals surface area contributed by atoms with Crippen molar-refractivity contribution in [3.05, 3.63) is 88.0 Å². The lowest BCUT2D eigenvalue weighted by molar-refractivity contribution is -0.384. The van der Waals surface area contributed by atoms with Gasteiger partial charge in [-0.05, 0) is 35.9 Å². The van der Waals surface area contributed by atoms with Crippen molar-refractivity contribution in [1.82, 2.24) is 15.2 Å². The number of para-hydroxylation sites is 2. The standard InChI is InChI=1S/C25H23N5O3S/c31-24(17-8-10-19(11-9-17)30(32)33)27-21-6-2-1-5-20(21)25-28-23-18(4-3-7-22(23)34-25)16-29-14-12-26-13-15-29/h1-11,26H,12-16H2,(H,27,31). The van der Waals surface area contributed by atoms with Crippen molar-refractivity contribution in [1.29, 1.82) is 0 Å². The summed E-state index contributed by atoms with van der Waals surface area (Å²) in [6.45, 7) is 4.90. The smallest absolute Gasteiger partial charge is 0.269 e. The van der Waals surface area contributed by atoms with Gasteiger partial charge in [-0.15, -0.1) is 11.3 Å². The fourth-order valence-electron chi connectivity index (χ4n) is 4.07. The van der Waals surface area contributed by atoms with Gasteiger partial charge in [-0.3, -0.25) is 19.8 Å². The van der Waals surface area contributed by atoms with E-state index in [9.17, 15) is 14.9 Å². The Kier molecular flexibility index (Phi) is 6.31. The van der Waals surface area contributed by atoms with Crippen LogP contribution < -0.4 is 10.6 Å². The van der Waals surface area contributed by atoms with E-state index in [-0.39, 0.29) is 11.6 Å².